The zero-order chi connectivity index (χ0) is 23.4. The van der Waals surface area contributed by atoms with Crippen molar-refractivity contribution in [2.75, 3.05) is 26.4 Å². The van der Waals surface area contributed by atoms with Crippen LogP contribution in [0.3, 0.4) is 0 Å². The number of hydrogen-bond donors (Lipinski definition) is 3. The standard InChI is InChI=1S/C22H24FN5O5/c1-22(32-11-14(12-33-22)19(24)30)20-27-17(13-3-5-15(23)6-4-13)18(28-20)16-7-8-25-21(26-16)31-10-2-9-29/h3-8,14,29H,2,9-12H2,1H3,(H2,24,30)(H,27,28). The number of aromatic amines is 1. The number of primary amides is 1. The minimum atomic E-state index is -1.26. The maximum absolute atomic E-state index is 13.5. The lowest BCUT2D eigenvalue weighted by atomic mass is 10.1. The van der Waals surface area contributed by atoms with Crippen molar-refractivity contribution in [2.24, 2.45) is 11.7 Å². The molecule has 1 aromatic carbocycles. The molecule has 174 valence electrons. The molecule has 1 aliphatic heterocycles. The first-order chi connectivity index (χ1) is 15.9. The minimum Gasteiger partial charge on any atom is -0.463 e. The van der Waals surface area contributed by atoms with Crippen LogP contribution < -0.4 is 10.5 Å². The number of nitrogens with two attached hydrogens (primary N) is 1. The SMILES string of the molecule is CC1(c2nc(-c3ccc(F)cc3)c(-c3ccnc(OCCCO)n3)[nH]2)OCC(C(N)=O)CO1. The van der Waals surface area contributed by atoms with E-state index in [1.807, 2.05) is 0 Å². The second-order valence-electron chi connectivity index (χ2n) is 7.63. The zero-order valence-electron chi connectivity index (χ0n) is 18.0. The summed E-state index contributed by atoms with van der Waals surface area (Å²) >= 11 is 0. The number of hydrogen-bond acceptors (Lipinski definition) is 8. The molecule has 1 amide bonds. The van der Waals surface area contributed by atoms with Crippen molar-refractivity contribution in [3.63, 3.8) is 0 Å². The maximum atomic E-state index is 13.5. The molecule has 0 radical (unpaired) electrons. The predicted molar refractivity (Wildman–Crippen MR) is 114 cm³/mol. The molecule has 1 fully saturated rings. The van der Waals surface area contributed by atoms with Crippen LogP contribution in [0.1, 0.15) is 19.2 Å². The second-order valence-corrected chi connectivity index (χ2v) is 7.63. The van der Waals surface area contributed by atoms with Gasteiger partial charge in [-0.05, 0) is 37.3 Å². The summed E-state index contributed by atoms with van der Waals surface area (Å²) in [5.74, 6) is -2.34. The second kappa shape index (κ2) is 9.61. The monoisotopic (exact) mass is 457 g/mol. The first-order valence-electron chi connectivity index (χ1n) is 10.4. The molecule has 0 saturated carbocycles. The first-order valence-corrected chi connectivity index (χ1v) is 10.4. The first kappa shape index (κ1) is 22.8. The average Bonchev–Trinajstić information content (AvgIpc) is 3.27. The van der Waals surface area contributed by atoms with E-state index in [-0.39, 0.29) is 38.3 Å². The van der Waals surface area contributed by atoms with Crippen molar-refractivity contribution in [3.05, 3.63) is 48.2 Å². The summed E-state index contributed by atoms with van der Waals surface area (Å²) < 4.78 is 30.6. The van der Waals surface area contributed by atoms with Gasteiger partial charge in [-0.15, -0.1) is 0 Å². The van der Waals surface area contributed by atoms with E-state index in [1.165, 1.54) is 12.1 Å². The number of rotatable bonds is 8. The fourth-order valence-corrected chi connectivity index (χ4v) is 3.28. The Morgan fingerprint density at radius 2 is 2.00 bits per heavy atom. The van der Waals surface area contributed by atoms with Gasteiger partial charge in [0.05, 0.1) is 42.8 Å². The van der Waals surface area contributed by atoms with E-state index in [0.29, 0.717) is 34.9 Å². The van der Waals surface area contributed by atoms with E-state index in [1.54, 1.807) is 31.3 Å². The molecule has 4 N–H and O–H groups in total. The molecule has 0 spiro atoms. The molecular weight excluding hydrogens is 433 g/mol. The molecule has 11 heteroatoms. The quantitative estimate of drug-likeness (QED) is 0.434. The number of carbonyl (C=O) groups excluding carboxylic acids is 1. The number of nitrogens with one attached hydrogen (secondary N) is 1. The van der Waals surface area contributed by atoms with Crippen LogP contribution in [0.2, 0.25) is 0 Å². The third-order valence-electron chi connectivity index (χ3n) is 5.20. The molecule has 0 aliphatic carbocycles. The van der Waals surface area contributed by atoms with Crippen molar-refractivity contribution in [3.8, 4) is 28.7 Å². The lowest BCUT2D eigenvalue weighted by Gasteiger charge is -2.35. The number of aliphatic hydroxyl groups is 1. The lowest BCUT2D eigenvalue weighted by Crippen LogP contribution is -2.44. The van der Waals surface area contributed by atoms with Crippen molar-refractivity contribution < 1.29 is 28.5 Å². The number of imidazole rings is 1. The number of aliphatic hydroxyl groups excluding tert-OH is 1. The maximum Gasteiger partial charge on any atom is 0.316 e. The highest BCUT2D eigenvalue weighted by Gasteiger charge is 2.40. The van der Waals surface area contributed by atoms with E-state index < -0.39 is 17.6 Å². The summed E-state index contributed by atoms with van der Waals surface area (Å²) in [6.07, 6.45) is 1.99. The summed E-state index contributed by atoms with van der Waals surface area (Å²) in [5.41, 5.74) is 7.50. The molecule has 1 aliphatic rings. The fraction of sp³-hybridized carbons (Fsp3) is 0.364. The van der Waals surface area contributed by atoms with Gasteiger partial charge in [-0.2, -0.15) is 4.98 Å². The van der Waals surface area contributed by atoms with E-state index in [2.05, 4.69) is 19.9 Å². The predicted octanol–water partition coefficient (Wildman–Crippen LogP) is 1.75. The van der Waals surface area contributed by atoms with Crippen molar-refractivity contribution in [1.82, 2.24) is 19.9 Å². The van der Waals surface area contributed by atoms with E-state index in [9.17, 15) is 9.18 Å². The molecule has 10 nitrogen and oxygen atoms in total. The van der Waals surface area contributed by atoms with Crippen LogP contribution in [0.5, 0.6) is 6.01 Å². The Labute approximate surface area is 188 Å². The Bertz CT molecular complexity index is 1110. The normalized spacial score (nSPS) is 20.5. The minimum absolute atomic E-state index is 0.00644. The van der Waals surface area contributed by atoms with Gasteiger partial charge in [0.2, 0.25) is 11.7 Å². The van der Waals surface area contributed by atoms with Crippen LogP contribution in [-0.4, -0.2) is 57.4 Å². The fourth-order valence-electron chi connectivity index (χ4n) is 3.28. The van der Waals surface area contributed by atoms with Crippen molar-refractivity contribution >= 4 is 5.91 Å². The van der Waals surface area contributed by atoms with Crippen molar-refractivity contribution in [2.45, 2.75) is 19.1 Å². The van der Waals surface area contributed by atoms with Gasteiger partial charge in [0.25, 0.3) is 0 Å². The Hall–Kier alpha value is -3.41. The van der Waals surface area contributed by atoms with Crippen LogP contribution in [0.4, 0.5) is 4.39 Å². The summed E-state index contributed by atoms with van der Waals surface area (Å²) in [6, 6.07) is 7.70. The van der Waals surface area contributed by atoms with Crippen LogP contribution >= 0.6 is 0 Å². The Balaban J connectivity index is 1.72. The zero-order valence-corrected chi connectivity index (χ0v) is 18.0. The van der Waals surface area contributed by atoms with Gasteiger partial charge >= 0.3 is 6.01 Å². The molecule has 0 atom stereocenters. The molecule has 33 heavy (non-hydrogen) atoms. The van der Waals surface area contributed by atoms with Gasteiger partial charge in [-0.1, -0.05) is 0 Å². The molecule has 2 aromatic heterocycles. The Kier molecular flexibility index (Phi) is 6.63. The highest BCUT2D eigenvalue weighted by atomic mass is 19.1. The summed E-state index contributed by atoms with van der Waals surface area (Å²) in [4.78, 5) is 27.9. The molecule has 1 saturated heterocycles. The van der Waals surface area contributed by atoms with E-state index >= 15 is 0 Å². The van der Waals surface area contributed by atoms with Crippen LogP contribution in [0.25, 0.3) is 22.6 Å². The highest BCUT2D eigenvalue weighted by Crippen LogP contribution is 2.36. The Morgan fingerprint density at radius 1 is 1.27 bits per heavy atom. The van der Waals surface area contributed by atoms with Gasteiger partial charge in [0, 0.05) is 24.8 Å². The number of ether oxygens (including phenoxy) is 3. The number of benzene rings is 1. The number of carbonyl (C=O) groups is 1. The number of nitrogens with zero attached hydrogens (tertiary/aromatic N) is 3. The molecule has 3 heterocycles. The number of H-pyrrole nitrogens is 1. The molecule has 0 bridgehead atoms. The van der Waals surface area contributed by atoms with Gasteiger partial charge in [0.15, 0.2) is 5.82 Å². The average molecular weight is 457 g/mol. The number of aromatic nitrogens is 4. The number of halogens is 1. The third kappa shape index (κ3) is 5.00. The Morgan fingerprint density at radius 3 is 2.67 bits per heavy atom. The molecule has 3 aromatic rings. The topological polar surface area (TPSA) is 145 Å². The van der Waals surface area contributed by atoms with Crippen molar-refractivity contribution in [1.29, 1.82) is 0 Å². The third-order valence-corrected chi connectivity index (χ3v) is 5.20. The lowest BCUT2D eigenvalue weighted by molar-refractivity contribution is -0.281. The summed E-state index contributed by atoms with van der Waals surface area (Å²) in [6.45, 7) is 2.12. The molecule has 4 rings (SSSR count). The van der Waals surface area contributed by atoms with Crippen LogP contribution in [0, 0.1) is 11.7 Å². The van der Waals surface area contributed by atoms with Crippen LogP contribution in [-0.2, 0) is 20.1 Å². The van der Waals surface area contributed by atoms with Gasteiger partial charge in [-0.25, -0.2) is 14.4 Å². The van der Waals surface area contributed by atoms with Gasteiger partial charge < -0.3 is 30.0 Å². The summed E-state index contributed by atoms with van der Waals surface area (Å²) in [7, 11) is 0. The highest BCUT2D eigenvalue weighted by molar-refractivity contribution is 5.77. The van der Waals surface area contributed by atoms with Gasteiger partial charge in [-0.3, -0.25) is 4.79 Å². The summed E-state index contributed by atoms with van der Waals surface area (Å²) in [5, 5.41) is 8.95. The molecular formula is C22H24FN5O5. The largest absolute Gasteiger partial charge is 0.463 e. The molecule has 0 unspecified atom stereocenters. The van der Waals surface area contributed by atoms with E-state index in [0.717, 1.165) is 0 Å². The van der Waals surface area contributed by atoms with Gasteiger partial charge in [0.1, 0.15) is 5.82 Å². The number of amides is 1. The van der Waals surface area contributed by atoms with Crippen LogP contribution in [0.15, 0.2) is 36.5 Å². The smallest absolute Gasteiger partial charge is 0.316 e. The van der Waals surface area contributed by atoms with E-state index in [4.69, 9.17) is 25.1 Å².